The molecule has 1 atom stereocenters. The lowest BCUT2D eigenvalue weighted by molar-refractivity contribution is 0.224. The number of hydrogen-bond acceptors (Lipinski definition) is 2. The molecule has 2 N–H and O–H groups in total. The lowest BCUT2D eigenvalue weighted by Crippen LogP contribution is -2.38. The van der Waals surface area contributed by atoms with Crippen molar-refractivity contribution >= 4 is 0 Å². The van der Waals surface area contributed by atoms with Gasteiger partial charge in [0.05, 0.1) is 0 Å². The lowest BCUT2D eigenvalue weighted by atomic mass is 9.85. The molecule has 0 saturated heterocycles. The number of fused-ring (bicyclic) bond motifs is 1. The quantitative estimate of drug-likeness (QED) is 0.904. The summed E-state index contributed by atoms with van der Waals surface area (Å²) < 4.78 is 0. The number of rotatable bonds is 3. The van der Waals surface area contributed by atoms with E-state index in [0.717, 1.165) is 19.5 Å². The van der Waals surface area contributed by atoms with Crippen LogP contribution in [-0.2, 0) is 13.0 Å². The van der Waals surface area contributed by atoms with Gasteiger partial charge < -0.3 is 5.73 Å². The molecular formula is C17H28N2. The summed E-state index contributed by atoms with van der Waals surface area (Å²) in [6.45, 7) is 10.1. The molecule has 0 bridgehead atoms. The molecule has 1 aliphatic rings. The van der Waals surface area contributed by atoms with Gasteiger partial charge in [0.1, 0.15) is 0 Å². The van der Waals surface area contributed by atoms with Crippen molar-refractivity contribution in [1.82, 2.24) is 4.90 Å². The summed E-state index contributed by atoms with van der Waals surface area (Å²) >= 11 is 0. The Morgan fingerprint density at radius 3 is 2.58 bits per heavy atom. The van der Waals surface area contributed by atoms with Gasteiger partial charge in [-0.15, -0.1) is 0 Å². The van der Waals surface area contributed by atoms with Crippen LogP contribution < -0.4 is 5.73 Å². The van der Waals surface area contributed by atoms with Gasteiger partial charge in [-0.3, -0.25) is 4.90 Å². The van der Waals surface area contributed by atoms with Crippen molar-refractivity contribution in [2.45, 2.75) is 52.6 Å². The molecule has 2 nitrogen and oxygen atoms in total. The van der Waals surface area contributed by atoms with E-state index in [9.17, 15) is 0 Å². The Bertz CT molecular complexity index is 406. The Morgan fingerprint density at radius 2 is 1.89 bits per heavy atom. The first kappa shape index (κ1) is 14.5. The van der Waals surface area contributed by atoms with E-state index >= 15 is 0 Å². The second-order valence-electron chi connectivity index (χ2n) is 6.91. The second kappa shape index (κ2) is 6.06. The summed E-state index contributed by atoms with van der Waals surface area (Å²) in [6.07, 6.45) is 3.57. The maximum Gasteiger partial charge on any atom is 0.0236 e. The molecule has 1 aromatic carbocycles. The Kier molecular flexibility index (Phi) is 4.64. The normalized spacial score (nSPS) is 18.7. The highest BCUT2D eigenvalue weighted by Crippen LogP contribution is 2.22. The average Bonchev–Trinajstić information content (AvgIpc) is 2.56. The van der Waals surface area contributed by atoms with Crippen LogP contribution in [-0.4, -0.2) is 24.0 Å². The van der Waals surface area contributed by atoms with Crippen LogP contribution in [0, 0.1) is 5.41 Å². The molecule has 0 spiro atoms. The summed E-state index contributed by atoms with van der Waals surface area (Å²) in [5.74, 6) is 0. The molecule has 1 heterocycles. The standard InChI is InChI=1S/C17H28N2/c1-17(2,3)16(18)10-12-19-11-6-9-14-7-4-5-8-15(14)13-19/h4-5,7-8,16H,6,9-13,18H2,1-3H3. The number of nitrogens with zero attached hydrogens (tertiary/aromatic N) is 1. The molecule has 0 fully saturated rings. The van der Waals surface area contributed by atoms with Gasteiger partial charge in [-0.2, -0.15) is 0 Å². The average molecular weight is 260 g/mol. The summed E-state index contributed by atoms with van der Waals surface area (Å²) in [6, 6.07) is 9.15. The fraction of sp³-hybridized carbons (Fsp3) is 0.647. The van der Waals surface area contributed by atoms with Crippen LogP contribution in [0.15, 0.2) is 24.3 Å². The molecule has 106 valence electrons. The molecule has 19 heavy (non-hydrogen) atoms. The Hall–Kier alpha value is -0.860. The van der Waals surface area contributed by atoms with E-state index in [-0.39, 0.29) is 11.5 Å². The van der Waals surface area contributed by atoms with Gasteiger partial charge in [-0.05, 0) is 48.9 Å². The number of aryl methyl sites for hydroxylation is 1. The van der Waals surface area contributed by atoms with Crippen LogP contribution >= 0.6 is 0 Å². The van der Waals surface area contributed by atoms with E-state index in [0.29, 0.717) is 0 Å². The summed E-state index contributed by atoms with van der Waals surface area (Å²) in [4.78, 5) is 2.57. The summed E-state index contributed by atoms with van der Waals surface area (Å²) in [7, 11) is 0. The highest BCUT2D eigenvalue weighted by molar-refractivity contribution is 5.27. The predicted molar refractivity (Wildman–Crippen MR) is 82.1 cm³/mol. The third-order valence-electron chi connectivity index (χ3n) is 4.30. The van der Waals surface area contributed by atoms with E-state index in [2.05, 4.69) is 49.9 Å². The summed E-state index contributed by atoms with van der Waals surface area (Å²) in [5.41, 5.74) is 9.52. The minimum Gasteiger partial charge on any atom is -0.327 e. The van der Waals surface area contributed by atoms with Gasteiger partial charge in [0, 0.05) is 12.6 Å². The van der Waals surface area contributed by atoms with E-state index < -0.39 is 0 Å². The molecule has 0 amide bonds. The van der Waals surface area contributed by atoms with Gasteiger partial charge in [0.25, 0.3) is 0 Å². The zero-order valence-electron chi connectivity index (χ0n) is 12.7. The van der Waals surface area contributed by atoms with E-state index in [4.69, 9.17) is 5.73 Å². The van der Waals surface area contributed by atoms with Crippen LogP contribution in [0.5, 0.6) is 0 Å². The largest absolute Gasteiger partial charge is 0.327 e. The first-order valence-electron chi connectivity index (χ1n) is 7.51. The molecule has 1 unspecified atom stereocenters. The maximum atomic E-state index is 6.27. The van der Waals surface area contributed by atoms with Crippen LogP contribution in [0.2, 0.25) is 0 Å². The Balaban J connectivity index is 1.92. The first-order valence-corrected chi connectivity index (χ1v) is 7.51. The Labute approximate surface area is 118 Å². The van der Waals surface area contributed by atoms with Crippen molar-refractivity contribution in [3.05, 3.63) is 35.4 Å². The number of benzene rings is 1. The molecule has 0 radical (unpaired) electrons. The van der Waals surface area contributed by atoms with Crippen molar-refractivity contribution in [3.63, 3.8) is 0 Å². The smallest absolute Gasteiger partial charge is 0.0236 e. The minimum absolute atomic E-state index is 0.212. The fourth-order valence-corrected chi connectivity index (χ4v) is 2.71. The lowest BCUT2D eigenvalue weighted by Gasteiger charge is -2.29. The van der Waals surface area contributed by atoms with Crippen molar-refractivity contribution in [1.29, 1.82) is 0 Å². The van der Waals surface area contributed by atoms with E-state index in [1.165, 1.54) is 30.5 Å². The third-order valence-corrected chi connectivity index (χ3v) is 4.30. The monoisotopic (exact) mass is 260 g/mol. The molecular weight excluding hydrogens is 232 g/mol. The zero-order chi connectivity index (χ0) is 13.9. The van der Waals surface area contributed by atoms with E-state index in [1.807, 2.05) is 0 Å². The molecule has 0 saturated carbocycles. The predicted octanol–water partition coefficient (Wildman–Crippen LogP) is 3.20. The van der Waals surface area contributed by atoms with Crippen molar-refractivity contribution in [2.75, 3.05) is 13.1 Å². The van der Waals surface area contributed by atoms with E-state index in [1.54, 1.807) is 0 Å². The third kappa shape index (κ3) is 4.05. The topological polar surface area (TPSA) is 29.3 Å². The summed E-state index contributed by atoms with van der Waals surface area (Å²) in [5, 5.41) is 0. The fourth-order valence-electron chi connectivity index (χ4n) is 2.71. The SMILES string of the molecule is CC(C)(C)C(N)CCN1CCCc2ccccc2C1. The van der Waals surface area contributed by atoms with Crippen LogP contribution in [0.4, 0.5) is 0 Å². The van der Waals surface area contributed by atoms with Crippen molar-refractivity contribution in [2.24, 2.45) is 11.1 Å². The molecule has 0 aromatic heterocycles. The van der Waals surface area contributed by atoms with Crippen molar-refractivity contribution < 1.29 is 0 Å². The molecule has 2 heteroatoms. The zero-order valence-corrected chi connectivity index (χ0v) is 12.7. The van der Waals surface area contributed by atoms with Gasteiger partial charge in [0.2, 0.25) is 0 Å². The molecule has 1 aromatic rings. The van der Waals surface area contributed by atoms with Crippen LogP contribution in [0.3, 0.4) is 0 Å². The highest BCUT2D eigenvalue weighted by atomic mass is 15.1. The molecule has 2 rings (SSSR count). The Morgan fingerprint density at radius 1 is 1.21 bits per heavy atom. The number of nitrogens with two attached hydrogens (primary N) is 1. The highest BCUT2D eigenvalue weighted by Gasteiger charge is 2.22. The van der Waals surface area contributed by atoms with Crippen LogP contribution in [0.25, 0.3) is 0 Å². The maximum absolute atomic E-state index is 6.27. The van der Waals surface area contributed by atoms with Crippen molar-refractivity contribution in [3.8, 4) is 0 Å². The van der Waals surface area contributed by atoms with Gasteiger partial charge in [-0.1, -0.05) is 45.0 Å². The molecule has 0 aliphatic carbocycles. The number of hydrogen-bond donors (Lipinski definition) is 1. The van der Waals surface area contributed by atoms with Gasteiger partial charge in [-0.25, -0.2) is 0 Å². The second-order valence-corrected chi connectivity index (χ2v) is 6.91. The van der Waals surface area contributed by atoms with Crippen LogP contribution in [0.1, 0.15) is 44.7 Å². The first-order chi connectivity index (χ1) is 8.97. The van der Waals surface area contributed by atoms with Gasteiger partial charge in [0.15, 0.2) is 0 Å². The molecule has 1 aliphatic heterocycles. The van der Waals surface area contributed by atoms with Gasteiger partial charge >= 0.3 is 0 Å². The minimum atomic E-state index is 0.212.